The second-order valence-corrected chi connectivity index (χ2v) is 12.4. The number of H-pyrrole nitrogens is 1. The highest BCUT2D eigenvalue weighted by molar-refractivity contribution is 5.95. The molecule has 0 bridgehead atoms. The fraction of sp³-hybridized carbons (Fsp3) is 0.485. The Kier molecular flexibility index (Phi) is 11.3. The molecule has 1 aromatic heterocycles. The van der Waals surface area contributed by atoms with Crippen molar-refractivity contribution >= 4 is 28.7 Å². The highest BCUT2D eigenvalue weighted by atomic mass is 19.1. The molecule has 0 radical (unpaired) electrons. The number of carbonyl (C=O) groups excluding carboxylic acids is 3. The summed E-state index contributed by atoms with van der Waals surface area (Å²) in [5.74, 6) is -1.03. The second kappa shape index (κ2) is 15.1. The highest BCUT2D eigenvalue weighted by Gasteiger charge is 2.27. The molecular formula is C33H43FN6O5. The number of aromatic nitrogens is 2. The lowest BCUT2D eigenvalue weighted by Gasteiger charge is -2.35. The number of nitrogens with zero attached hydrogens (tertiary/aromatic N) is 4. The fourth-order valence-electron chi connectivity index (χ4n) is 5.27. The van der Waals surface area contributed by atoms with Gasteiger partial charge in [0, 0.05) is 44.5 Å². The normalized spacial score (nSPS) is 13.7. The van der Waals surface area contributed by atoms with Gasteiger partial charge in [0.05, 0.1) is 23.2 Å². The number of halogens is 1. The molecule has 0 unspecified atom stereocenters. The smallest absolute Gasteiger partial charge is 0.407 e. The second-order valence-electron chi connectivity index (χ2n) is 12.4. The van der Waals surface area contributed by atoms with Gasteiger partial charge in [0.2, 0.25) is 5.91 Å². The van der Waals surface area contributed by atoms with Crippen LogP contribution in [0, 0.1) is 5.82 Å². The summed E-state index contributed by atoms with van der Waals surface area (Å²) in [7, 11) is 1.90. The van der Waals surface area contributed by atoms with Crippen molar-refractivity contribution in [3.63, 3.8) is 0 Å². The molecular weight excluding hydrogens is 579 g/mol. The Morgan fingerprint density at radius 1 is 1.00 bits per heavy atom. The number of amides is 3. The van der Waals surface area contributed by atoms with Crippen LogP contribution >= 0.6 is 0 Å². The number of ether oxygens (including phenoxy) is 1. The summed E-state index contributed by atoms with van der Waals surface area (Å²) in [6.45, 7) is 8.41. The van der Waals surface area contributed by atoms with Crippen LogP contribution in [0.25, 0.3) is 10.8 Å². The zero-order valence-corrected chi connectivity index (χ0v) is 26.5. The zero-order valence-electron chi connectivity index (χ0n) is 26.5. The number of benzene rings is 2. The highest BCUT2D eigenvalue weighted by Crippen LogP contribution is 2.20. The molecule has 12 heteroatoms. The average molecular weight is 623 g/mol. The van der Waals surface area contributed by atoms with E-state index in [0.717, 1.165) is 25.8 Å². The Morgan fingerprint density at radius 3 is 2.40 bits per heavy atom. The number of aromatic amines is 1. The van der Waals surface area contributed by atoms with E-state index in [4.69, 9.17) is 4.74 Å². The number of hydrogen-bond donors (Lipinski definition) is 2. The molecule has 45 heavy (non-hydrogen) atoms. The van der Waals surface area contributed by atoms with Crippen LogP contribution in [0.4, 0.5) is 9.18 Å². The summed E-state index contributed by atoms with van der Waals surface area (Å²) in [4.78, 5) is 55.3. The van der Waals surface area contributed by atoms with E-state index < -0.39 is 23.4 Å². The Bertz CT molecular complexity index is 1560. The number of alkyl carbamates (subject to hydrolysis) is 1. The summed E-state index contributed by atoms with van der Waals surface area (Å²) in [6, 6.07) is 11.6. The van der Waals surface area contributed by atoms with E-state index in [9.17, 15) is 23.6 Å². The fourth-order valence-corrected chi connectivity index (χ4v) is 5.27. The minimum absolute atomic E-state index is 0.00926. The number of nitrogens with one attached hydrogen (secondary N) is 2. The van der Waals surface area contributed by atoms with Crippen molar-refractivity contribution in [2.75, 3.05) is 52.9 Å². The zero-order chi connectivity index (χ0) is 32.6. The molecule has 3 aromatic rings. The Balaban J connectivity index is 1.22. The number of carbonyl (C=O) groups is 3. The molecule has 3 amide bonds. The van der Waals surface area contributed by atoms with Crippen LogP contribution in [-0.4, -0.2) is 101 Å². The molecule has 2 N–H and O–H groups in total. The van der Waals surface area contributed by atoms with Gasteiger partial charge in [-0.3, -0.25) is 19.3 Å². The van der Waals surface area contributed by atoms with Crippen LogP contribution in [0.5, 0.6) is 0 Å². The van der Waals surface area contributed by atoms with E-state index in [2.05, 4.69) is 15.5 Å². The first-order valence-electron chi connectivity index (χ1n) is 15.4. The van der Waals surface area contributed by atoms with Gasteiger partial charge in [0.1, 0.15) is 11.4 Å². The van der Waals surface area contributed by atoms with Crippen molar-refractivity contribution in [3.8, 4) is 0 Å². The van der Waals surface area contributed by atoms with Gasteiger partial charge < -0.3 is 19.9 Å². The molecule has 2 aromatic carbocycles. The standard InChI is InChI=1S/C33H43FN6O5/c1-33(2,3)45-32(44)35-14-8-5-9-15-38(4)22-29(41)39-16-18-40(19-17-39)31(43)26-20-23(12-13-27(26)34)21-28-24-10-6-7-11-25(24)30(42)37-36-28/h6-7,10-13,20H,5,8-9,14-19,21-22H2,1-4H3,(H,35,44)(H,37,42). The van der Waals surface area contributed by atoms with Crippen LogP contribution < -0.4 is 10.9 Å². The first-order chi connectivity index (χ1) is 21.4. The van der Waals surface area contributed by atoms with E-state index in [0.29, 0.717) is 61.2 Å². The number of hydrogen-bond acceptors (Lipinski definition) is 7. The Hall–Kier alpha value is -4.32. The monoisotopic (exact) mass is 622 g/mol. The van der Waals surface area contributed by atoms with Crippen LogP contribution in [0.3, 0.4) is 0 Å². The van der Waals surface area contributed by atoms with E-state index in [-0.39, 0.29) is 23.6 Å². The van der Waals surface area contributed by atoms with E-state index >= 15 is 0 Å². The van der Waals surface area contributed by atoms with Crippen LogP contribution in [0.2, 0.25) is 0 Å². The van der Waals surface area contributed by atoms with E-state index in [1.54, 1.807) is 34.1 Å². The molecule has 4 rings (SSSR count). The van der Waals surface area contributed by atoms with Gasteiger partial charge in [-0.25, -0.2) is 14.3 Å². The first kappa shape index (κ1) is 33.6. The van der Waals surface area contributed by atoms with Crippen LogP contribution in [0.15, 0.2) is 47.3 Å². The summed E-state index contributed by atoms with van der Waals surface area (Å²) in [6.07, 6.45) is 2.52. The summed E-state index contributed by atoms with van der Waals surface area (Å²) in [5, 5.41) is 10.7. The summed E-state index contributed by atoms with van der Waals surface area (Å²) < 4.78 is 20.0. The minimum Gasteiger partial charge on any atom is -0.444 e. The lowest BCUT2D eigenvalue weighted by atomic mass is 10.0. The van der Waals surface area contributed by atoms with Gasteiger partial charge in [-0.05, 0) is 71.0 Å². The number of unbranched alkanes of at least 4 members (excludes halogenated alkanes) is 2. The van der Waals surface area contributed by atoms with Gasteiger partial charge in [-0.2, -0.15) is 5.10 Å². The van der Waals surface area contributed by atoms with Gasteiger partial charge in [-0.15, -0.1) is 0 Å². The van der Waals surface area contributed by atoms with Crippen LogP contribution in [0.1, 0.15) is 61.6 Å². The maximum Gasteiger partial charge on any atom is 0.407 e. The third-order valence-electron chi connectivity index (χ3n) is 7.62. The summed E-state index contributed by atoms with van der Waals surface area (Å²) in [5.41, 5.74) is 0.494. The molecule has 0 aliphatic carbocycles. The van der Waals surface area contributed by atoms with Crippen molar-refractivity contribution in [1.82, 2.24) is 30.2 Å². The van der Waals surface area contributed by atoms with Gasteiger partial charge in [-0.1, -0.05) is 30.7 Å². The molecule has 1 fully saturated rings. The number of rotatable bonds is 11. The minimum atomic E-state index is -0.608. The van der Waals surface area contributed by atoms with E-state index in [1.807, 2.05) is 44.9 Å². The Labute approximate surface area is 262 Å². The van der Waals surface area contributed by atoms with Gasteiger partial charge >= 0.3 is 6.09 Å². The third kappa shape index (κ3) is 9.58. The number of likely N-dealkylation sites (N-methyl/N-ethyl adjacent to an activating group) is 1. The number of fused-ring (bicyclic) bond motifs is 1. The molecule has 1 aliphatic heterocycles. The molecule has 11 nitrogen and oxygen atoms in total. The van der Waals surface area contributed by atoms with E-state index in [1.165, 1.54) is 6.07 Å². The van der Waals surface area contributed by atoms with Crippen LogP contribution in [-0.2, 0) is 16.0 Å². The SMILES string of the molecule is CN(CCCCCNC(=O)OC(C)(C)C)CC(=O)N1CCN(C(=O)c2cc(Cc3n[nH]c(=O)c4ccccc34)ccc2F)CC1. The Morgan fingerprint density at radius 2 is 1.69 bits per heavy atom. The van der Waals surface area contributed by atoms with Gasteiger partial charge in [0.25, 0.3) is 11.5 Å². The van der Waals surface area contributed by atoms with Crippen molar-refractivity contribution in [1.29, 1.82) is 0 Å². The molecule has 2 heterocycles. The topological polar surface area (TPSA) is 128 Å². The molecule has 1 saturated heterocycles. The molecule has 1 aliphatic rings. The predicted octanol–water partition coefficient (Wildman–Crippen LogP) is 3.56. The van der Waals surface area contributed by atoms with Gasteiger partial charge in [0.15, 0.2) is 0 Å². The maximum absolute atomic E-state index is 14.8. The summed E-state index contributed by atoms with van der Waals surface area (Å²) >= 11 is 0. The van der Waals surface area contributed by atoms with Crippen molar-refractivity contribution < 1.29 is 23.5 Å². The molecule has 0 saturated carbocycles. The third-order valence-corrected chi connectivity index (χ3v) is 7.62. The maximum atomic E-state index is 14.8. The van der Waals surface area contributed by atoms with Crippen molar-refractivity contribution in [2.24, 2.45) is 0 Å². The largest absolute Gasteiger partial charge is 0.444 e. The molecule has 0 atom stereocenters. The number of piperazine rings is 1. The first-order valence-corrected chi connectivity index (χ1v) is 15.4. The van der Waals surface area contributed by atoms with Crippen molar-refractivity contribution in [3.05, 3.63) is 75.5 Å². The van der Waals surface area contributed by atoms with Crippen molar-refractivity contribution in [2.45, 2.75) is 52.1 Å². The molecule has 242 valence electrons. The predicted molar refractivity (Wildman–Crippen MR) is 170 cm³/mol. The quantitative estimate of drug-likeness (QED) is 0.313. The lowest BCUT2D eigenvalue weighted by Crippen LogP contribution is -2.52. The average Bonchev–Trinajstić information content (AvgIpc) is 3.00. The molecule has 0 spiro atoms. The lowest BCUT2D eigenvalue weighted by molar-refractivity contribution is -0.133.